The van der Waals surface area contributed by atoms with Crippen molar-refractivity contribution in [2.45, 2.75) is 11.6 Å². The molecule has 0 bridgehead atoms. The van der Waals surface area contributed by atoms with Crippen molar-refractivity contribution in [1.29, 1.82) is 0 Å². The summed E-state index contributed by atoms with van der Waals surface area (Å²) in [6, 6.07) is 7.31. The van der Waals surface area contributed by atoms with E-state index in [0.717, 1.165) is 11.3 Å². The number of carbonyl (C=O) groups is 1. The first kappa shape index (κ1) is 13.4. The number of nitrogens with two attached hydrogens (primary N) is 1. The number of nitrogens with zero attached hydrogens (tertiary/aromatic N) is 2. The summed E-state index contributed by atoms with van der Waals surface area (Å²) in [5.74, 6) is 1.38. The lowest BCUT2D eigenvalue weighted by Gasteiger charge is -1.99. The normalized spacial score (nSPS) is 10.4. The number of amides is 1. The van der Waals surface area contributed by atoms with Crippen molar-refractivity contribution in [1.82, 2.24) is 10.2 Å². The SMILES string of the molecule is COc1ccc(-c2nnc(SCCC(N)=O)o2)cc1. The van der Waals surface area contributed by atoms with Gasteiger partial charge in [0.25, 0.3) is 5.22 Å². The average molecular weight is 279 g/mol. The van der Waals surface area contributed by atoms with Crippen LogP contribution in [0.5, 0.6) is 5.75 Å². The number of thioether (sulfide) groups is 1. The molecular formula is C12H13N3O3S. The topological polar surface area (TPSA) is 91.2 Å². The average Bonchev–Trinajstić information content (AvgIpc) is 2.87. The van der Waals surface area contributed by atoms with Gasteiger partial charge < -0.3 is 14.9 Å². The first-order valence-electron chi connectivity index (χ1n) is 5.58. The first-order chi connectivity index (χ1) is 9.19. The van der Waals surface area contributed by atoms with Crippen molar-refractivity contribution in [3.63, 3.8) is 0 Å². The fourth-order valence-corrected chi connectivity index (χ4v) is 2.07. The number of hydrogen-bond donors (Lipinski definition) is 1. The van der Waals surface area contributed by atoms with Gasteiger partial charge in [0.2, 0.25) is 11.8 Å². The zero-order valence-electron chi connectivity index (χ0n) is 10.3. The third-order valence-electron chi connectivity index (χ3n) is 2.32. The maximum absolute atomic E-state index is 10.6. The van der Waals surface area contributed by atoms with Gasteiger partial charge in [0.1, 0.15) is 5.75 Å². The molecule has 0 spiro atoms. The largest absolute Gasteiger partial charge is 0.497 e. The molecule has 0 unspecified atom stereocenters. The molecule has 0 fully saturated rings. The summed E-state index contributed by atoms with van der Waals surface area (Å²) < 4.78 is 10.5. The maximum atomic E-state index is 10.6. The van der Waals surface area contributed by atoms with E-state index in [2.05, 4.69) is 10.2 Å². The Morgan fingerprint density at radius 1 is 1.37 bits per heavy atom. The van der Waals surface area contributed by atoms with Crippen molar-refractivity contribution in [3.8, 4) is 17.2 Å². The molecule has 1 aromatic heterocycles. The molecule has 0 aliphatic heterocycles. The van der Waals surface area contributed by atoms with Gasteiger partial charge >= 0.3 is 0 Å². The fraction of sp³-hybridized carbons (Fsp3) is 0.250. The molecule has 2 N–H and O–H groups in total. The lowest BCUT2D eigenvalue weighted by atomic mass is 10.2. The molecule has 0 radical (unpaired) electrons. The Morgan fingerprint density at radius 3 is 2.74 bits per heavy atom. The van der Waals surface area contributed by atoms with Crippen LogP contribution in [0.4, 0.5) is 0 Å². The fourth-order valence-electron chi connectivity index (χ4n) is 1.36. The minimum atomic E-state index is -0.345. The summed E-state index contributed by atoms with van der Waals surface area (Å²) in [5.41, 5.74) is 5.86. The Morgan fingerprint density at radius 2 is 2.11 bits per heavy atom. The quantitative estimate of drug-likeness (QED) is 0.809. The maximum Gasteiger partial charge on any atom is 0.276 e. The van der Waals surface area contributed by atoms with Crippen LogP contribution in [0, 0.1) is 0 Å². The molecule has 0 saturated heterocycles. The second-order valence-electron chi connectivity index (χ2n) is 3.67. The lowest BCUT2D eigenvalue weighted by Crippen LogP contribution is -2.10. The van der Waals surface area contributed by atoms with Crippen LogP contribution < -0.4 is 10.5 Å². The van der Waals surface area contributed by atoms with E-state index in [1.54, 1.807) is 7.11 Å². The van der Waals surface area contributed by atoms with E-state index in [4.69, 9.17) is 14.9 Å². The highest BCUT2D eigenvalue weighted by Gasteiger charge is 2.09. The Labute approximate surface area is 114 Å². The van der Waals surface area contributed by atoms with Crippen molar-refractivity contribution in [2.24, 2.45) is 5.73 Å². The predicted octanol–water partition coefficient (Wildman–Crippen LogP) is 1.71. The van der Waals surface area contributed by atoms with Crippen LogP contribution in [0.3, 0.4) is 0 Å². The van der Waals surface area contributed by atoms with Crippen molar-refractivity contribution in [2.75, 3.05) is 12.9 Å². The van der Waals surface area contributed by atoms with Gasteiger partial charge in [-0.15, -0.1) is 10.2 Å². The molecule has 1 heterocycles. The van der Waals surface area contributed by atoms with Crippen LogP contribution in [-0.4, -0.2) is 29.0 Å². The zero-order chi connectivity index (χ0) is 13.7. The first-order valence-corrected chi connectivity index (χ1v) is 6.56. The van der Waals surface area contributed by atoms with E-state index < -0.39 is 0 Å². The summed E-state index contributed by atoms with van der Waals surface area (Å²) in [6.45, 7) is 0. The van der Waals surface area contributed by atoms with Crippen LogP contribution in [0.1, 0.15) is 6.42 Å². The molecule has 0 atom stereocenters. The number of primary amides is 1. The number of rotatable bonds is 6. The summed E-state index contributed by atoms with van der Waals surface area (Å²) >= 11 is 1.31. The van der Waals surface area contributed by atoms with Gasteiger partial charge in [-0.3, -0.25) is 4.79 Å². The highest BCUT2D eigenvalue weighted by atomic mass is 32.2. The second kappa shape index (κ2) is 6.24. The van der Waals surface area contributed by atoms with Crippen molar-refractivity contribution < 1.29 is 13.9 Å². The van der Waals surface area contributed by atoms with Gasteiger partial charge in [0.05, 0.1) is 7.11 Å². The molecule has 2 rings (SSSR count). The number of carbonyl (C=O) groups excluding carboxylic acids is 1. The molecule has 0 aliphatic rings. The minimum absolute atomic E-state index is 0.283. The Balaban J connectivity index is 2.01. The van der Waals surface area contributed by atoms with Crippen LogP contribution in [0.25, 0.3) is 11.5 Å². The zero-order valence-corrected chi connectivity index (χ0v) is 11.1. The molecule has 0 aliphatic carbocycles. The third kappa shape index (κ3) is 3.72. The number of hydrogen-bond acceptors (Lipinski definition) is 6. The Kier molecular flexibility index (Phi) is 4.40. The smallest absolute Gasteiger partial charge is 0.276 e. The number of methoxy groups -OCH3 is 1. The van der Waals surface area contributed by atoms with Crippen molar-refractivity contribution >= 4 is 17.7 Å². The molecular weight excluding hydrogens is 266 g/mol. The predicted molar refractivity (Wildman–Crippen MR) is 70.8 cm³/mol. The van der Waals surface area contributed by atoms with Crippen LogP contribution in [-0.2, 0) is 4.79 Å². The standard InChI is InChI=1S/C12H13N3O3S/c1-17-9-4-2-8(3-5-9)11-14-15-12(18-11)19-7-6-10(13)16/h2-5H,6-7H2,1H3,(H2,13,16). The minimum Gasteiger partial charge on any atom is -0.497 e. The number of ether oxygens (including phenoxy) is 1. The van der Waals surface area contributed by atoms with Gasteiger partial charge in [0, 0.05) is 17.7 Å². The van der Waals surface area contributed by atoms with E-state index in [0.29, 0.717) is 16.9 Å². The summed E-state index contributed by atoms with van der Waals surface area (Å²) in [4.78, 5) is 10.6. The van der Waals surface area contributed by atoms with Gasteiger partial charge in [-0.1, -0.05) is 11.8 Å². The number of aromatic nitrogens is 2. The molecule has 1 amide bonds. The van der Waals surface area contributed by atoms with Crippen LogP contribution >= 0.6 is 11.8 Å². The van der Waals surface area contributed by atoms with Crippen molar-refractivity contribution in [3.05, 3.63) is 24.3 Å². The van der Waals surface area contributed by atoms with Gasteiger partial charge in [-0.25, -0.2) is 0 Å². The van der Waals surface area contributed by atoms with E-state index in [1.807, 2.05) is 24.3 Å². The van der Waals surface area contributed by atoms with E-state index in [1.165, 1.54) is 11.8 Å². The molecule has 7 heteroatoms. The molecule has 19 heavy (non-hydrogen) atoms. The van der Waals surface area contributed by atoms with Gasteiger partial charge in [0.15, 0.2) is 0 Å². The number of benzene rings is 1. The molecule has 0 saturated carbocycles. The van der Waals surface area contributed by atoms with E-state index >= 15 is 0 Å². The molecule has 6 nitrogen and oxygen atoms in total. The van der Waals surface area contributed by atoms with E-state index in [-0.39, 0.29) is 12.3 Å². The molecule has 2 aromatic rings. The Bertz CT molecular complexity index is 554. The van der Waals surface area contributed by atoms with Crippen LogP contribution in [0.15, 0.2) is 33.9 Å². The molecule has 1 aromatic carbocycles. The molecule has 100 valence electrons. The monoisotopic (exact) mass is 279 g/mol. The third-order valence-corrected chi connectivity index (χ3v) is 3.14. The summed E-state index contributed by atoms with van der Waals surface area (Å²) in [5, 5.41) is 8.26. The highest BCUT2D eigenvalue weighted by molar-refractivity contribution is 7.99. The van der Waals surface area contributed by atoms with Gasteiger partial charge in [-0.2, -0.15) is 0 Å². The van der Waals surface area contributed by atoms with Crippen LogP contribution in [0.2, 0.25) is 0 Å². The highest BCUT2D eigenvalue weighted by Crippen LogP contribution is 2.24. The summed E-state index contributed by atoms with van der Waals surface area (Å²) in [7, 11) is 1.61. The summed E-state index contributed by atoms with van der Waals surface area (Å²) in [6.07, 6.45) is 0.283. The van der Waals surface area contributed by atoms with Gasteiger partial charge in [-0.05, 0) is 24.3 Å². The second-order valence-corrected chi connectivity index (χ2v) is 4.71. The Hall–Kier alpha value is -2.02. The lowest BCUT2D eigenvalue weighted by molar-refractivity contribution is -0.117. The van der Waals surface area contributed by atoms with E-state index in [9.17, 15) is 4.79 Å².